The summed E-state index contributed by atoms with van der Waals surface area (Å²) < 4.78 is 29.5. The summed E-state index contributed by atoms with van der Waals surface area (Å²) in [4.78, 5) is 4.63. The topological polar surface area (TPSA) is 79.8 Å². The van der Waals surface area contributed by atoms with Gasteiger partial charge in [-0.2, -0.15) is 0 Å². The first-order valence-corrected chi connectivity index (χ1v) is 12.0. The van der Waals surface area contributed by atoms with Crippen molar-refractivity contribution in [3.8, 4) is 5.75 Å². The van der Waals surface area contributed by atoms with E-state index in [1.165, 1.54) is 6.26 Å². The number of guanidine groups is 1. The van der Waals surface area contributed by atoms with Gasteiger partial charge >= 0.3 is 0 Å². The molecular weight excluding hydrogens is 398 g/mol. The molecule has 0 aromatic heterocycles. The number of sulfone groups is 1. The van der Waals surface area contributed by atoms with E-state index in [-0.39, 0.29) is 0 Å². The average molecular weight is 432 g/mol. The molecule has 7 heteroatoms. The van der Waals surface area contributed by atoms with E-state index in [1.807, 2.05) is 43.3 Å². The smallest absolute Gasteiger partial charge is 0.191 e. The van der Waals surface area contributed by atoms with Crippen LogP contribution in [0.15, 0.2) is 52.4 Å². The number of hydrogen-bond donors (Lipinski definition) is 2. The minimum Gasteiger partial charge on any atom is -0.493 e. The molecule has 0 spiro atoms. The molecule has 0 heterocycles. The van der Waals surface area contributed by atoms with Gasteiger partial charge in [0.15, 0.2) is 15.8 Å². The first kappa shape index (κ1) is 23.7. The molecule has 30 heavy (non-hydrogen) atoms. The molecule has 0 atom stereocenters. The first-order valence-electron chi connectivity index (χ1n) is 10.2. The molecule has 2 rings (SSSR count). The van der Waals surface area contributed by atoms with Crippen molar-refractivity contribution < 1.29 is 13.2 Å². The number of para-hydroxylation sites is 1. The third-order valence-electron chi connectivity index (χ3n) is 4.69. The zero-order chi connectivity index (χ0) is 22.1. The molecular formula is C23H33N3O3S. The molecule has 0 unspecified atom stereocenters. The van der Waals surface area contributed by atoms with Crippen molar-refractivity contribution in [1.29, 1.82) is 0 Å². The van der Waals surface area contributed by atoms with Gasteiger partial charge in [0, 0.05) is 32.0 Å². The van der Waals surface area contributed by atoms with Crippen LogP contribution in [0.25, 0.3) is 0 Å². The summed E-state index contributed by atoms with van der Waals surface area (Å²) >= 11 is 0. The Morgan fingerprint density at radius 3 is 2.43 bits per heavy atom. The first-order chi connectivity index (χ1) is 14.2. The number of ether oxygens (including phenoxy) is 1. The SMILES string of the molecule is CN=C(NCc1ccc(S(C)(=O)=O)c(C)c1)NCc1ccccc1OCCC(C)C. The Kier molecular flexibility index (Phi) is 8.72. The molecule has 6 nitrogen and oxygen atoms in total. The van der Waals surface area contributed by atoms with Gasteiger partial charge < -0.3 is 15.4 Å². The van der Waals surface area contributed by atoms with Crippen molar-refractivity contribution in [2.24, 2.45) is 10.9 Å². The highest BCUT2D eigenvalue weighted by atomic mass is 32.2. The molecule has 0 aliphatic heterocycles. The van der Waals surface area contributed by atoms with Crippen LogP contribution in [0.1, 0.15) is 37.0 Å². The van der Waals surface area contributed by atoms with Crippen molar-refractivity contribution in [3.05, 3.63) is 59.2 Å². The Hall–Kier alpha value is -2.54. The van der Waals surface area contributed by atoms with Crippen molar-refractivity contribution in [2.45, 2.75) is 45.2 Å². The highest BCUT2D eigenvalue weighted by Gasteiger charge is 2.11. The maximum Gasteiger partial charge on any atom is 0.191 e. The number of aryl methyl sites for hydroxylation is 1. The molecule has 2 aromatic rings. The molecule has 0 fully saturated rings. The van der Waals surface area contributed by atoms with E-state index in [0.29, 0.717) is 36.5 Å². The van der Waals surface area contributed by atoms with Crippen LogP contribution in [0.5, 0.6) is 5.75 Å². The molecule has 164 valence electrons. The fourth-order valence-electron chi connectivity index (χ4n) is 3.02. The molecule has 0 bridgehead atoms. The number of nitrogens with zero attached hydrogens (tertiary/aromatic N) is 1. The van der Waals surface area contributed by atoms with Gasteiger partial charge in [-0.15, -0.1) is 0 Å². The molecule has 0 aliphatic rings. The van der Waals surface area contributed by atoms with Crippen LogP contribution in [0.3, 0.4) is 0 Å². The van der Waals surface area contributed by atoms with E-state index in [2.05, 4.69) is 29.5 Å². The minimum atomic E-state index is -3.21. The summed E-state index contributed by atoms with van der Waals surface area (Å²) in [6.07, 6.45) is 2.24. The van der Waals surface area contributed by atoms with E-state index < -0.39 is 9.84 Å². The standard InChI is InChI=1S/C23H33N3O3S/c1-17(2)12-13-29-21-9-7-6-8-20(21)16-26-23(24-4)25-15-19-10-11-22(18(3)14-19)30(5,27)28/h6-11,14,17H,12-13,15-16H2,1-5H3,(H2,24,25,26). The molecule has 2 aromatic carbocycles. The van der Waals surface area contributed by atoms with Crippen LogP contribution in [-0.4, -0.2) is 34.3 Å². The van der Waals surface area contributed by atoms with Gasteiger partial charge in [0.25, 0.3) is 0 Å². The number of benzene rings is 2. The lowest BCUT2D eigenvalue weighted by molar-refractivity contribution is 0.286. The van der Waals surface area contributed by atoms with Gasteiger partial charge in [-0.1, -0.05) is 44.2 Å². The maximum atomic E-state index is 11.8. The van der Waals surface area contributed by atoms with E-state index in [0.717, 1.165) is 28.9 Å². The fraction of sp³-hybridized carbons (Fsp3) is 0.435. The Morgan fingerprint density at radius 1 is 1.10 bits per heavy atom. The predicted octanol–water partition coefficient (Wildman–Crippen LogP) is 3.69. The largest absolute Gasteiger partial charge is 0.493 e. The zero-order valence-electron chi connectivity index (χ0n) is 18.5. The zero-order valence-corrected chi connectivity index (χ0v) is 19.3. The molecule has 0 amide bonds. The third-order valence-corrected chi connectivity index (χ3v) is 5.95. The van der Waals surface area contributed by atoms with Crippen LogP contribution >= 0.6 is 0 Å². The highest BCUT2D eigenvalue weighted by Crippen LogP contribution is 2.19. The Morgan fingerprint density at radius 2 is 1.80 bits per heavy atom. The number of hydrogen-bond acceptors (Lipinski definition) is 4. The fourth-order valence-corrected chi connectivity index (χ4v) is 3.98. The highest BCUT2D eigenvalue weighted by molar-refractivity contribution is 7.90. The van der Waals surface area contributed by atoms with Crippen LogP contribution in [0, 0.1) is 12.8 Å². The van der Waals surface area contributed by atoms with Crippen molar-refractivity contribution in [3.63, 3.8) is 0 Å². The summed E-state index contributed by atoms with van der Waals surface area (Å²) in [5.41, 5.74) is 2.80. The molecule has 2 N–H and O–H groups in total. The van der Waals surface area contributed by atoms with E-state index in [1.54, 1.807) is 13.1 Å². The summed E-state index contributed by atoms with van der Waals surface area (Å²) in [6.45, 7) is 8.00. The lowest BCUT2D eigenvalue weighted by atomic mass is 10.1. The molecule has 0 saturated carbocycles. The monoisotopic (exact) mass is 431 g/mol. The second-order valence-corrected chi connectivity index (χ2v) is 9.77. The normalized spacial score (nSPS) is 12.1. The van der Waals surface area contributed by atoms with E-state index in [9.17, 15) is 8.42 Å². The molecule has 0 aliphatic carbocycles. The number of nitrogens with one attached hydrogen (secondary N) is 2. The van der Waals surface area contributed by atoms with Gasteiger partial charge in [0.05, 0.1) is 11.5 Å². The lowest BCUT2D eigenvalue weighted by Gasteiger charge is -2.16. The Labute approximate surface area is 180 Å². The van der Waals surface area contributed by atoms with Gasteiger partial charge in [-0.3, -0.25) is 4.99 Å². The lowest BCUT2D eigenvalue weighted by Crippen LogP contribution is -2.36. The van der Waals surface area contributed by atoms with E-state index in [4.69, 9.17) is 4.74 Å². The quantitative estimate of drug-likeness (QED) is 0.468. The number of aliphatic imine (C=N–C) groups is 1. The van der Waals surface area contributed by atoms with Crippen LogP contribution in [0.2, 0.25) is 0 Å². The van der Waals surface area contributed by atoms with Crippen LogP contribution in [-0.2, 0) is 22.9 Å². The summed E-state index contributed by atoms with van der Waals surface area (Å²) in [5.74, 6) is 2.15. The maximum absolute atomic E-state index is 11.8. The second kappa shape index (κ2) is 11.0. The summed E-state index contributed by atoms with van der Waals surface area (Å²) in [6, 6.07) is 13.4. The van der Waals surface area contributed by atoms with Crippen molar-refractivity contribution in [1.82, 2.24) is 10.6 Å². The van der Waals surface area contributed by atoms with Gasteiger partial charge in [0.2, 0.25) is 0 Å². The van der Waals surface area contributed by atoms with Gasteiger partial charge in [-0.25, -0.2) is 8.42 Å². The molecule has 0 saturated heterocycles. The predicted molar refractivity (Wildman–Crippen MR) is 123 cm³/mol. The van der Waals surface area contributed by atoms with E-state index >= 15 is 0 Å². The number of rotatable bonds is 9. The second-order valence-electron chi connectivity index (χ2n) is 7.79. The minimum absolute atomic E-state index is 0.364. The summed E-state index contributed by atoms with van der Waals surface area (Å²) in [7, 11) is -1.49. The van der Waals surface area contributed by atoms with Crippen LogP contribution in [0.4, 0.5) is 0 Å². The third kappa shape index (κ3) is 7.37. The Bertz CT molecular complexity index is 969. The molecule has 0 radical (unpaired) electrons. The summed E-state index contributed by atoms with van der Waals surface area (Å²) in [5, 5.41) is 6.58. The van der Waals surface area contributed by atoms with Crippen molar-refractivity contribution >= 4 is 15.8 Å². The van der Waals surface area contributed by atoms with Crippen LogP contribution < -0.4 is 15.4 Å². The average Bonchev–Trinajstić information content (AvgIpc) is 2.68. The van der Waals surface area contributed by atoms with Gasteiger partial charge in [-0.05, 0) is 42.5 Å². The Balaban J connectivity index is 1.94. The van der Waals surface area contributed by atoms with Crippen molar-refractivity contribution in [2.75, 3.05) is 19.9 Å². The van der Waals surface area contributed by atoms with Gasteiger partial charge in [0.1, 0.15) is 5.75 Å².